The lowest BCUT2D eigenvalue weighted by Crippen LogP contribution is -2.17. The summed E-state index contributed by atoms with van der Waals surface area (Å²) in [7, 11) is -4.12. The molecule has 0 radical (unpaired) electrons. The quantitative estimate of drug-likeness (QED) is 0.395. The van der Waals surface area contributed by atoms with E-state index in [1.807, 2.05) is 6.92 Å². The van der Waals surface area contributed by atoms with Gasteiger partial charge in [0.1, 0.15) is 0 Å². The highest BCUT2D eigenvalue weighted by atomic mass is 35.5. The lowest BCUT2D eigenvalue weighted by Gasteiger charge is -2.13. The zero-order chi connectivity index (χ0) is 21.9. The Kier molecular flexibility index (Phi) is 6.19. The Morgan fingerprint density at radius 3 is 2.20 bits per heavy atom. The number of anilines is 1. The molecule has 3 aromatic rings. The number of hydrogen-bond acceptors (Lipinski definition) is 2. The molecular weight excluding hydrogens is 437 g/mol. The predicted molar refractivity (Wildman–Crippen MR) is 111 cm³/mol. The summed E-state index contributed by atoms with van der Waals surface area (Å²) in [5.41, 5.74) is 0.382. The average Bonchev–Trinajstić information content (AvgIpc) is 2.68. The molecule has 156 valence electrons. The average molecular weight is 453 g/mol. The van der Waals surface area contributed by atoms with E-state index in [2.05, 4.69) is 9.71 Å². The molecule has 0 bridgehead atoms. The number of nitrogens with zero attached hydrogens (tertiary/aromatic N) is 1. The van der Waals surface area contributed by atoms with Gasteiger partial charge in [-0.2, -0.15) is 21.6 Å². The molecule has 30 heavy (non-hydrogen) atoms. The largest absolute Gasteiger partial charge is 0.416 e. The third-order valence-electron chi connectivity index (χ3n) is 4.10. The first-order chi connectivity index (χ1) is 14.0. The maximum Gasteiger partial charge on any atom is 0.416 e. The molecule has 0 saturated carbocycles. The van der Waals surface area contributed by atoms with E-state index in [9.17, 15) is 21.6 Å². The molecule has 0 amide bonds. The second-order valence-corrected chi connectivity index (χ2v) is 8.48. The van der Waals surface area contributed by atoms with E-state index in [4.69, 9.17) is 11.6 Å². The van der Waals surface area contributed by atoms with Gasteiger partial charge in [-0.3, -0.25) is 0 Å². The molecule has 4 nitrogen and oxygen atoms in total. The molecule has 0 unspecified atom stereocenters. The molecule has 0 atom stereocenters. The van der Waals surface area contributed by atoms with Crippen LogP contribution in [0.5, 0.6) is 0 Å². The highest BCUT2D eigenvalue weighted by Crippen LogP contribution is 2.31. The minimum Gasteiger partial charge on any atom is -0.339 e. The summed E-state index contributed by atoms with van der Waals surface area (Å²) in [6, 6.07) is 16.6. The van der Waals surface area contributed by atoms with Crippen LogP contribution in [0.1, 0.15) is 16.7 Å². The van der Waals surface area contributed by atoms with Crippen molar-refractivity contribution < 1.29 is 21.6 Å². The van der Waals surface area contributed by atoms with E-state index >= 15 is 0 Å². The fourth-order valence-corrected chi connectivity index (χ4v) is 3.65. The minimum absolute atomic E-state index is 0.0367. The van der Waals surface area contributed by atoms with Crippen molar-refractivity contribution in [3.05, 3.63) is 94.5 Å². The van der Waals surface area contributed by atoms with Gasteiger partial charge in [0.25, 0.3) is 10.0 Å². The van der Waals surface area contributed by atoms with Crippen LogP contribution < -0.4 is 5.32 Å². The Bertz CT molecular complexity index is 1170. The smallest absolute Gasteiger partial charge is 0.339 e. The standard InChI is InChI=1S/C21H16ClF3N2O2S/c1-14-5-11-19(12-6-14)30(28,29)27-20(15-7-9-17(22)10-8-15)26-18-4-2-3-16(13-18)21(23,24)25/h2-13H,1H3,(H,26,27). The number of alkyl halides is 3. The van der Waals surface area contributed by atoms with Gasteiger partial charge >= 0.3 is 6.18 Å². The lowest BCUT2D eigenvalue weighted by atomic mass is 10.1. The van der Waals surface area contributed by atoms with Crippen LogP contribution in [-0.2, 0) is 16.2 Å². The summed E-state index contributed by atoms with van der Waals surface area (Å²) in [6.07, 6.45) is -4.54. The molecule has 0 aliphatic rings. The summed E-state index contributed by atoms with van der Waals surface area (Å²) in [6.45, 7) is 1.81. The zero-order valence-corrected chi connectivity index (χ0v) is 17.2. The van der Waals surface area contributed by atoms with E-state index in [0.29, 0.717) is 10.6 Å². The second-order valence-electron chi connectivity index (χ2n) is 6.44. The van der Waals surface area contributed by atoms with Crippen molar-refractivity contribution in [3.63, 3.8) is 0 Å². The number of amidine groups is 1. The molecule has 0 aliphatic heterocycles. The van der Waals surface area contributed by atoms with Crippen LogP contribution in [0.25, 0.3) is 0 Å². The third kappa shape index (κ3) is 5.40. The first-order valence-electron chi connectivity index (χ1n) is 8.66. The topological polar surface area (TPSA) is 58.5 Å². The van der Waals surface area contributed by atoms with Crippen LogP contribution in [0.4, 0.5) is 18.9 Å². The van der Waals surface area contributed by atoms with E-state index in [1.54, 1.807) is 12.1 Å². The van der Waals surface area contributed by atoms with Crippen molar-refractivity contribution in [2.24, 2.45) is 4.40 Å². The molecule has 1 N–H and O–H groups in total. The van der Waals surface area contributed by atoms with Gasteiger partial charge in [-0.25, -0.2) is 0 Å². The predicted octanol–water partition coefficient (Wildman–Crippen LogP) is 5.91. The van der Waals surface area contributed by atoms with Gasteiger partial charge in [0.15, 0.2) is 5.84 Å². The van der Waals surface area contributed by atoms with Gasteiger partial charge < -0.3 is 5.32 Å². The van der Waals surface area contributed by atoms with Crippen LogP contribution >= 0.6 is 11.6 Å². The minimum atomic E-state index is -4.54. The number of nitrogens with one attached hydrogen (secondary N) is 1. The fraction of sp³-hybridized carbons (Fsp3) is 0.0952. The number of benzene rings is 3. The van der Waals surface area contributed by atoms with Crippen molar-refractivity contribution in [1.82, 2.24) is 0 Å². The first kappa shape index (κ1) is 21.9. The van der Waals surface area contributed by atoms with Crippen molar-refractivity contribution in [2.45, 2.75) is 18.0 Å². The second kappa shape index (κ2) is 8.49. The number of halogens is 4. The van der Waals surface area contributed by atoms with Gasteiger partial charge in [-0.15, -0.1) is 4.40 Å². The SMILES string of the molecule is Cc1ccc(S(=O)(=O)/N=C(\Nc2cccc(C(F)(F)F)c2)c2ccc(Cl)cc2)cc1. The third-order valence-corrected chi connectivity index (χ3v) is 5.64. The van der Waals surface area contributed by atoms with Crippen LogP contribution in [-0.4, -0.2) is 14.3 Å². The molecular formula is C21H16ClF3N2O2S. The number of sulfonamides is 1. The normalized spacial score (nSPS) is 12.6. The summed E-state index contributed by atoms with van der Waals surface area (Å²) < 4.78 is 68.5. The fourth-order valence-electron chi connectivity index (χ4n) is 2.55. The Labute approximate surface area is 177 Å². The maximum atomic E-state index is 13.0. The van der Waals surface area contributed by atoms with E-state index in [1.165, 1.54) is 48.5 Å². The molecule has 0 saturated heterocycles. The van der Waals surface area contributed by atoms with Gasteiger partial charge in [-0.1, -0.05) is 35.4 Å². The lowest BCUT2D eigenvalue weighted by molar-refractivity contribution is -0.137. The van der Waals surface area contributed by atoms with Crippen LogP contribution in [0.3, 0.4) is 0 Å². The summed E-state index contributed by atoms with van der Waals surface area (Å²) in [5, 5.41) is 3.11. The van der Waals surface area contributed by atoms with Gasteiger partial charge in [0.05, 0.1) is 10.5 Å². The van der Waals surface area contributed by atoms with E-state index in [0.717, 1.165) is 17.7 Å². The number of rotatable bonds is 4. The highest BCUT2D eigenvalue weighted by Gasteiger charge is 2.30. The summed E-state index contributed by atoms with van der Waals surface area (Å²) >= 11 is 5.89. The van der Waals surface area contributed by atoms with Crippen molar-refractivity contribution in [1.29, 1.82) is 0 Å². The Hall–Kier alpha value is -2.84. The monoisotopic (exact) mass is 452 g/mol. The highest BCUT2D eigenvalue weighted by molar-refractivity contribution is 7.90. The van der Waals surface area contributed by atoms with E-state index in [-0.39, 0.29) is 16.4 Å². The van der Waals surface area contributed by atoms with Crippen LogP contribution in [0, 0.1) is 6.92 Å². The first-order valence-corrected chi connectivity index (χ1v) is 10.5. The van der Waals surface area contributed by atoms with Crippen LogP contribution in [0.2, 0.25) is 5.02 Å². The van der Waals surface area contributed by atoms with Crippen molar-refractivity contribution >= 4 is 33.1 Å². The molecule has 0 fully saturated rings. The van der Waals surface area contributed by atoms with Gasteiger partial charge in [0.2, 0.25) is 0 Å². The molecule has 0 aromatic heterocycles. The molecule has 3 aromatic carbocycles. The molecule has 0 heterocycles. The van der Waals surface area contributed by atoms with Gasteiger partial charge in [0, 0.05) is 16.3 Å². The Morgan fingerprint density at radius 2 is 1.60 bits per heavy atom. The Balaban J connectivity index is 2.06. The molecule has 9 heteroatoms. The molecule has 3 rings (SSSR count). The van der Waals surface area contributed by atoms with Crippen molar-refractivity contribution in [2.75, 3.05) is 5.32 Å². The van der Waals surface area contributed by atoms with E-state index < -0.39 is 21.8 Å². The van der Waals surface area contributed by atoms with Gasteiger partial charge in [-0.05, 0) is 61.5 Å². The summed E-state index contributed by atoms with van der Waals surface area (Å²) in [4.78, 5) is -0.0367. The number of hydrogen-bond donors (Lipinski definition) is 1. The van der Waals surface area contributed by atoms with Crippen LogP contribution in [0.15, 0.2) is 82.1 Å². The zero-order valence-electron chi connectivity index (χ0n) is 15.6. The molecule has 0 spiro atoms. The Morgan fingerprint density at radius 1 is 0.967 bits per heavy atom. The number of aryl methyl sites for hydroxylation is 1. The maximum absolute atomic E-state index is 13.0. The van der Waals surface area contributed by atoms with Crippen molar-refractivity contribution in [3.8, 4) is 0 Å². The molecule has 0 aliphatic carbocycles. The summed E-state index contributed by atoms with van der Waals surface area (Å²) in [5.74, 6) is -0.133.